The second-order valence-electron chi connectivity index (χ2n) is 7.24. The number of carboxylic acids is 3. The Kier molecular flexibility index (Phi) is 11.0. The molecule has 0 saturated heterocycles. The first-order valence-corrected chi connectivity index (χ1v) is 9.90. The molecular formula is C20H34O8. The van der Waals surface area contributed by atoms with Crippen molar-refractivity contribution in [1.82, 2.24) is 0 Å². The predicted octanol–water partition coefficient (Wildman–Crippen LogP) is 3.37. The van der Waals surface area contributed by atoms with Crippen molar-refractivity contribution in [1.29, 1.82) is 0 Å². The van der Waals surface area contributed by atoms with Crippen molar-refractivity contribution < 1.29 is 39.2 Å². The molecule has 0 aliphatic rings. The Hall–Kier alpha value is -1.96. The van der Waals surface area contributed by atoms with Gasteiger partial charge in [-0.2, -0.15) is 0 Å². The van der Waals surface area contributed by atoms with E-state index in [-0.39, 0.29) is 19.4 Å². The molecule has 0 aromatic carbocycles. The summed E-state index contributed by atoms with van der Waals surface area (Å²) in [4.78, 5) is 49.2. The third-order valence-corrected chi connectivity index (χ3v) is 5.28. The fourth-order valence-electron chi connectivity index (χ4n) is 3.90. The highest BCUT2D eigenvalue weighted by Crippen LogP contribution is 2.50. The summed E-state index contributed by atoms with van der Waals surface area (Å²) in [5.74, 6) is -6.30. The summed E-state index contributed by atoms with van der Waals surface area (Å²) < 4.78 is 5.63. The van der Waals surface area contributed by atoms with Gasteiger partial charge in [-0.1, -0.05) is 46.5 Å². The van der Waals surface area contributed by atoms with E-state index in [9.17, 15) is 34.5 Å². The maximum absolute atomic E-state index is 12.6. The molecule has 0 rings (SSSR count). The average Bonchev–Trinajstić information content (AvgIpc) is 2.59. The third kappa shape index (κ3) is 5.53. The average molecular weight is 402 g/mol. The number of rotatable bonds is 16. The third-order valence-electron chi connectivity index (χ3n) is 5.28. The molecule has 0 spiro atoms. The molecule has 0 aromatic heterocycles. The second kappa shape index (κ2) is 11.8. The van der Waals surface area contributed by atoms with Gasteiger partial charge in [-0.05, 0) is 26.2 Å². The van der Waals surface area contributed by atoms with Gasteiger partial charge in [-0.3, -0.25) is 14.4 Å². The maximum atomic E-state index is 12.6. The molecule has 0 bridgehead atoms. The fourth-order valence-corrected chi connectivity index (χ4v) is 3.90. The number of ether oxygens (including phenoxy) is 1. The standard InChI is InChI=1S/C20H34O8/c1-5-8-11-19(17(24)25,15(10-7-3)14(4)21)20(18(26)27,13-16(22)23)28-12-9-6-2/h15H,5-13H2,1-4H3,(H,22,23)(H,24,25)(H,26,27). The zero-order valence-corrected chi connectivity index (χ0v) is 17.3. The lowest BCUT2D eigenvalue weighted by Gasteiger charge is -2.47. The van der Waals surface area contributed by atoms with E-state index < -0.39 is 47.0 Å². The number of aliphatic carboxylic acids is 3. The summed E-state index contributed by atoms with van der Waals surface area (Å²) in [5, 5.41) is 29.8. The highest BCUT2D eigenvalue weighted by atomic mass is 16.5. The molecule has 0 aromatic rings. The molecule has 0 aliphatic carbocycles. The number of carbonyl (C=O) groups excluding carboxylic acids is 1. The minimum atomic E-state index is -2.54. The van der Waals surface area contributed by atoms with Gasteiger partial charge in [0, 0.05) is 12.5 Å². The van der Waals surface area contributed by atoms with Gasteiger partial charge in [0.25, 0.3) is 0 Å². The first-order valence-electron chi connectivity index (χ1n) is 9.90. The molecule has 162 valence electrons. The molecule has 8 heteroatoms. The monoisotopic (exact) mass is 402 g/mol. The van der Waals surface area contributed by atoms with Crippen molar-refractivity contribution in [2.45, 2.75) is 84.7 Å². The lowest BCUT2D eigenvalue weighted by atomic mass is 9.57. The van der Waals surface area contributed by atoms with Gasteiger partial charge >= 0.3 is 17.9 Å². The van der Waals surface area contributed by atoms with Crippen molar-refractivity contribution in [3.05, 3.63) is 0 Å². The van der Waals surface area contributed by atoms with Gasteiger partial charge in [-0.15, -0.1) is 0 Å². The summed E-state index contributed by atoms with van der Waals surface area (Å²) in [6.45, 7) is 6.55. The minimum Gasteiger partial charge on any atom is -0.481 e. The fraction of sp³-hybridized carbons (Fsp3) is 0.800. The van der Waals surface area contributed by atoms with E-state index in [4.69, 9.17) is 4.74 Å². The van der Waals surface area contributed by atoms with Crippen molar-refractivity contribution in [2.24, 2.45) is 11.3 Å². The van der Waals surface area contributed by atoms with Gasteiger partial charge in [0.15, 0.2) is 5.60 Å². The second-order valence-corrected chi connectivity index (χ2v) is 7.24. The number of hydrogen-bond acceptors (Lipinski definition) is 5. The maximum Gasteiger partial charge on any atom is 0.337 e. The van der Waals surface area contributed by atoms with Crippen LogP contribution in [0, 0.1) is 11.3 Å². The molecule has 0 radical (unpaired) electrons. The predicted molar refractivity (Wildman–Crippen MR) is 102 cm³/mol. The first kappa shape index (κ1) is 26.0. The van der Waals surface area contributed by atoms with E-state index in [0.29, 0.717) is 32.1 Å². The van der Waals surface area contributed by atoms with Crippen LogP contribution in [0.4, 0.5) is 0 Å². The quantitative estimate of drug-likeness (QED) is 0.334. The lowest BCUT2D eigenvalue weighted by Crippen LogP contribution is -2.65. The van der Waals surface area contributed by atoms with Crippen LogP contribution in [0.3, 0.4) is 0 Å². The highest BCUT2D eigenvalue weighted by Gasteiger charge is 2.67. The molecule has 0 amide bonds. The van der Waals surface area contributed by atoms with Crippen molar-refractivity contribution in [3.8, 4) is 0 Å². The topological polar surface area (TPSA) is 138 Å². The molecule has 3 atom stereocenters. The number of carboxylic acid groups (broad SMARTS) is 3. The Morgan fingerprint density at radius 3 is 1.82 bits per heavy atom. The van der Waals surface area contributed by atoms with Crippen LogP contribution in [0.5, 0.6) is 0 Å². The Morgan fingerprint density at radius 1 is 0.893 bits per heavy atom. The number of carbonyl (C=O) groups is 4. The normalized spacial score (nSPS) is 16.6. The minimum absolute atomic E-state index is 0.103. The van der Waals surface area contributed by atoms with E-state index in [1.54, 1.807) is 6.92 Å². The van der Waals surface area contributed by atoms with Crippen LogP contribution in [0.1, 0.15) is 79.1 Å². The van der Waals surface area contributed by atoms with Crippen LogP contribution in [-0.4, -0.2) is 51.2 Å². The SMILES string of the molecule is CCCCOC(CC(=O)O)(C(=O)O)C(CCCC)(C(=O)O)C(CCC)C(C)=O. The van der Waals surface area contributed by atoms with Crippen LogP contribution in [0.2, 0.25) is 0 Å². The Balaban J connectivity index is 6.92. The number of hydrogen-bond donors (Lipinski definition) is 3. The molecular weight excluding hydrogens is 368 g/mol. The van der Waals surface area contributed by atoms with Gasteiger partial charge in [0.05, 0.1) is 6.42 Å². The highest BCUT2D eigenvalue weighted by molar-refractivity contribution is 5.96. The molecule has 0 saturated carbocycles. The zero-order valence-electron chi connectivity index (χ0n) is 17.3. The van der Waals surface area contributed by atoms with Crippen molar-refractivity contribution >= 4 is 23.7 Å². The Bertz CT molecular complexity index is 558. The molecule has 8 nitrogen and oxygen atoms in total. The van der Waals surface area contributed by atoms with E-state index >= 15 is 0 Å². The van der Waals surface area contributed by atoms with E-state index in [2.05, 4.69) is 0 Å². The van der Waals surface area contributed by atoms with E-state index in [1.165, 1.54) is 6.92 Å². The van der Waals surface area contributed by atoms with Gasteiger partial charge in [0.1, 0.15) is 11.2 Å². The molecule has 3 unspecified atom stereocenters. The number of ketones is 1. The van der Waals surface area contributed by atoms with E-state index in [0.717, 1.165) is 0 Å². The van der Waals surface area contributed by atoms with Gasteiger partial charge in [0.2, 0.25) is 0 Å². The summed E-state index contributed by atoms with van der Waals surface area (Å²) in [6, 6.07) is 0. The Labute approximate surface area is 166 Å². The van der Waals surface area contributed by atoms with Crippen LogP contribution in [0.15, 0.2) is 0 Å². The van der Waals surface area contributed by atoms with Crippen LogP contribution < -0.4 is 0 Å². The summed E-state index contributed by atoms with van der Waals surface area (Å²) in [5.41, 5.74) is -4.72. The van der Waals surface area contributed by atoms with Gasteiger partial charge in [-0.25, -0.2) is 4.79 Å². The summed E-state index contributed by atoms with van der Waals surface area (Å²) in [7, 11) is 0. The molecule has 0 aliphatic heterocycles. The van der Waals surface area contributed by atoms with Crippen LogP contribution in [0.25, 0.3) is 0 Å². The largest absolute Gasteiger partial charge is 0.481 e. The molecule has 3 N–H and O–H groups in total. The molecule has 0 heterocycles. The Morgan fingerprint density at radius 2 is 1.46 bits per heavy atom. The van der Waals surface area contributed by atoms with Crippen LogP contribution >= 0.6 is 0 Å². The number of unbranched alkanes of at least 4 members (excludes halogenated alkanes) is 2. The summed E-state index contributed by atoms with van der Waals surface area (Å²) >= 11 is 0. The molecule has 0 fully saturated rings. The lowest BCUT2D eigenvalue weighted by molar-refractivity contribution is -0.215. The summed E-state index contributed by atoms with van der Waals surface area (Å²) in [6.07, 6.45) is 1.37. The van der Waals surface area contributed by atoms with Crippen molar-refractivity contribution in [2.75, 3.05) is 6.61 Å². The molecule has 28 heavy (non-hydrogen) atoms. The van der Waals surface area contributed by atoms with Crippen molar-refractivity contribution in [3.63, 3.8) is 0 Å². The first-order chi connectivity index (χ1) is 13.1. The van der Waals surface area contributed by atoms with Crippen LogP contribution in [-0.2, 0) is 23.9 Å². The number of Topliss-reactive ketones (excluding diaryl/α,β-unsaturated/α-hetero) is 1. The zero-order chi connectivity index (χ0) is 22.0. The van der Waals surface area contributed by atoms with Gasteiger partial charge < -0.3 is 20.1 Å². The smallest absolute Gasteiger partial charge is 0.337 e. The van der Waals surface area contributed by atoms with E-state index in [1.807, 2.05) is 13.8 Å².